The molecule has 5 atom stereocenters. The first-order valence-electron chi connectivity index (χ1n) is 13.5. The van der Waals surface area contributed by atoms with Gasteiger partial charge in [-0.05, 0) is 36.9 Å². The summed E-state index contributed by atoms with van der Waals surface area (Å²) in [4.78, 5) is 10.2. The Hall–Kier alpha value is 0.140. The minimum Gasteiger partial charge on any atom is -0.384 e. The van der Waals surface area contributed by atoms with Crippen LogP contribution in [0.25, 0.3) is 0 Å². The lowest BCUT2D eigenvalue weighted by atomic mass is 10.0. The van der Waals surface area contributed by atoms with Gasteiger partial charge in [-0.2, -0.15) is 0 Å². The van der Waals surface area contributed by atoms with E-state index in [1.165, 1.54) is 84.2 Å². The third-order valence-corrected chi connectivity index (χ3v) is 8.70. The maximum atomic E-state index is 10.2. The molecule has 0 radical (unpaired) electrons. The Labute approximate surface area is 225 Å². The Morgan fingerprint density at radius 1 is 0.886 bits per heavy atom. The zero-order valence-electron chi connectivity index (χ0n) is 22.5. The summed E-state index contributed by atoms with van der Waals surface area (Å²) < 4.78 is 21.8. The second-order valence-corrected chi connectivity index (χ2v) is 12.9. The number of thiocarbonyl (C=S) groups is 1. The van der Waals surface area contributed by atoms with E-state index < -0.39 is 12.8 Å². The molecule has 0 amide bonds. The lowest BCUT2D eigenvalue weighted by Crippen LogP contribution is -2.48. The van der Waals surface area contributed by atoms with E-state index in [1.54, 1.807) is 14.2 Å². The van der Waals surface area contributed by atoms with E-state index in [9.17, 15) is 4.89 Å². The highest BCUT2D eigenvalue weighted by Gasteiger charge is 2.47. The molecule has 35 heavy (non-hydrogen) atoms. The maximum absolute atomic E-state index is 10.2. The summed E-state index contributed by atoms with van der Waals surface area (Å²) in [5, 5.41) is 7.30. The van der Waals surface area contributed by atoms with Crippen LogP contribution < -0.4 is 10.6 Å². The van der Waals surface area contributed by atoms with Crippen molar-refractivity contribution in [2.45, 2.75) is 115 Å². The molecule has 1 aliphatic carbocycles. The lowest BCUT2D eigenvalue weighted by molar-refractivity contribution is -0.0206. The molecule has 7 nitrogen and oxygen atoms in total. The van der Waals surface area contributed by atoms with Crippen LogP contribution in [0.3, 0.4) is 0 Å². The number of rotatable bonds is 21. The van der Waals surface area contributed by atoms with Gasteiger partial charge in [0.15, 0.2) is 5.11 Å². The Morgan fingerprint density at radius 3 is 1.91 bits per heavy atom. The van der Waals surface area contributed by atoms with Crippen LogP contribution in [0.1, 0.15) is 96.8 Å². The Balaban J connectivity index is 2.19. The van der Waals surface area contributed by atoms with Crippen molar-refractivity contribution in [1.82, 2.24) is 10.6 Å². The fraction of sp³-hybridized carbons (Fsp3) is 0.960. The molecule has 0 saturated heterocycles. The minimum absolute atomic E-state index is 0.0101. The molecule has 0 heterocycles. The molecule has 1 rings (SSSR count). The van der Waals surface area contributed by atoms with E-state index >= 15 is 0 Å². The average molecular weight is 555 g/mol. The van der Waals surface area contributed by atoms with Gasteiger partial charge in [0.1, 0.15) is 12.2 Å². The zero-order valence-corrected chi connectivity index (χ0v) is 25.0. The number of ether oxygens (including phenoxy) is 2. The van der Waals surface area contributed by atoms with Crippen LogP contribution in [-0.4, -0.2) is 62.7 Å². The summed E-state index contributed by atoms with van der Waals surface area (Å²) in [6.45, 7) is 0.284. The number of nitrogens with one attached hydrogen (secondary N) is 2. The SMILES string of the molecule is CCCCCCCCCCCCCCCNC(=S)N[C@H]1C[C@H](COC)C(OP(O)(=S)OC)[C@@H]1OC. The van der Waals surface area contributed by atoms with E-state index in [-0.39, 0.29) is 18.1 Å². The zero-order chi connectivity index (χ0) is 25.9. The molecule has 0 aromatic carbocycles. The molecule has 2 unspecified atom stereocenters. The first-order valence-corrected chi connectivity index (χ1v) is 16.5. The molecule has 1 fully saturated rings. The van der Waals surface area contributed by atoms with E-state index in [0.29, 0.717) is 11.7 Å². The van der Waals surface area contributed by atoms with Crippen LogP contribution in [0, 0.1) is 5.92 Å². The van der Waals surface area contributed by atoms with Crippen LogP contribution >= 0.6 is 18.9 Å². The predicted molar refractivity (Wildman–Crippen MR) is 152 cm³/mol. The van der Waals surface area contributed by atoms with Gasteiger partial charge in [-0.25, -0.2) is 0 Å². The molecule has 1 aliphatic rings. The first-order chi connectivity index (χ1) is 16.9. The lowest BCUT2D eigenvalue weighted by Gasteiger charge is -2.28. The normalized spacial score (nSPS) is 23.8. The third-order valence-electron chi connectivity index (χ3n) is 6.76. The van der Waals surface area contributed by atoms with Crippen molar-refractivity contribution in [1.29, 1.82) is 0 Å². The Morgan fingerprint density at radius 2 is 1.43 bits per heavy atom. The van der Waals surface area contributed by atoms with Gasteiger partial charge in [-0.15, -0.1) is 0 Å². The fourth-order valence-electron chi connectivity index (χ4n) is 4.82. The second-order valence-electron chi connectivity index (χ2n) is 9.62. The van der Waals surface area contributed by atoms with Gasteiger partial charge >= 0.3 is 6.72 Å². The van der Waals surface area contributed by atoms with Crippen molar-refractivity contribution in [3.05, 3.63) is 0 Å². The maximum Gasteiger partial charge on any atom is 0.324 e. The summed E-state index contributed by atoms with van der Waals surface area (Å²) in [6.07, 6.45) is 17.4. The highest BCUT2D eigenvalue weighted by atomic mass is 32.5. The monoisotopic (exact) mass is 554 g/mol. The number of hydrogen-bond acceptors (Lipinski definition) is 6. The van der Waals surface area contributed by atoms with Crippen molar-refractivity contribution in [3.8, 4) is 0 Å². The van der Waals surface area contributed by atoms with E-state index in [1.807, 2.05) is 0 Å². The molecule has 0 bridgehead atoms. The summed E-state index contributed by atoms with van der Waals surface area (Å²) in [6, 6.07) is -0.0661. The van der Waals surface area contributed by atoms with Gasteiger partial charge in [-0.1, -0.05) is 84.0 Å². The van der Waals surface area contributed by atoms with E-state index in [2.05, 4.69) is 17.6 Å². The molecule has 0 aliphatic heterocycles. The van der Waals surface area contributed by atoms with Crippen molar-refractivity contribution in [2.75, 3.05) is 34.5 Å². The number of methoxy groups -OCH3 is 2. The summed E-state index contributed by atoms with van der Waals surface area (Å²) in [5.41, 5.74) is 0. The molecule has 10 heteroatoms. The quantitative estimate of drug-likeness (QED) is 0.0921. The van der Waals surface area contributed by atoms with Gasteiger partial charge in [0.2, 0.25) is 0 Å². The van der Waals surface area contributed by atoms with Crippen molar-refractivity contribution < 1.29 is 23.4 Å². The molecule has 0 spiro atoms. The highest BCUT2D eigenvalue weighted by Crippen LogP contribution is 2.48. The van der Waals surface area contributed by atoms with Gasteiger partial charge in [-0.3, -0.25) is 0 Å². The Kier molecular flexibility index (Phi) is 19.1. The molecule has 3 N–H and O–H groups in total. The molecular weight excluding hydrogens is 503 g/mol. The number of unbranched alkanes of at least 4 members (excludes halogenated alkanes) is 12. The highest BCUT2D eigenvalue weighted by molar-refractivity contribution is 8.07. The molecule has 208 valence electrons. The van der Waals surface area contributed by atoms with Crippen molar-refractivity contribution in [3.63, 3.8) is 0 Å². The summed E-state index contributed by atoms with van der Waals surface area (Å²) >= 11 is 10.6. The first kappa shape index (κ1) is 33.2. The minimum atomic E-state index is -3.32. The van der Waals surface area contributed by atoms with E-state index in [0.717, 1.165) is 19.4 Å². The largest absolute Gasteiger partial charge is 0.384 e. The molecule has 1 saturated carbocycles. The number of hydrogen-bond donors (Lipinski definition) is 3. The fourth-order valence-corrected chi connectivity index (χ4v) is 6.05. The van der Waals surface area contributed by atoms with E-state index in [4.69, 9.17) is 42.5 Å². The second kappa shape index (κ2) is 20.1. The third kappa shape index (κ3) is 14.6. The van der Waals surface area contributed by atoms with Crippen LogP contribution in [0.2, 0.25) is 0 Å². The molecule has 0 aromatic heterocycles. The van der Waals surface area contributed by atoms with Gasteiger partial charge < -0.3 is 34.0 Å². The standard InChI is InChI=1S/C25H51N2O5PS2/c1-5-6-7-8-9-10-11-12-13-14-15-16-17-18-26-25(34)27-22-19-21(20-29-2)23(24(22)30-3)32-33(28,35)31-4/h21-24H,5-20H2,1-4H3,(H,28,35)(H2,26,27,34)/t21-,22+,23?,24-,33?/m1/s1. The van der Waals surface area contributed by atoms with Crippen LogP contribution in [0.4, 0.5) is 0 Å². The van der Waals surface area contributed by atoms with Crippen molar-refractivity contribution in [2.24, 2.45) is 5.92 Å². The summed E-state index contributed by atoms with van der Waals surface area (Å²) in [5.74, 6) is 0.0101. The van der Waals surface area contributed by atoms with Crippen LogP contribution in [0.15, 0.2) is 0 Å². The van der Waals surface area contributed by atoms with Crippen molar-refractivity contribution >= 4 is 35.9 Å². The smallest absolute Gasteiger partial charge is 0.324 e. The topological polar surface area (TPSA) is 81.2 Å². The van der Waals surface area contributed by atoms with Gasteiger partial charge in [0.25, 0.3) is 0 Å². The van der Waals surface area contributed by atoms with Crippen LogP contribution in [0.5, 0.6) is 0 Å². The average Bonchev–Trinajstić information content (AvgIpc) is 3.14. The van der Waals surface area contributed by atoms with Crippen LogP contribution in [-0.2, 0) is 30.3 Å². The van der Waals surface area contributed by atoms with Gasteiger partial charge in [0.05, 0.1) is 12.6 Å². The summed E-state index contributed by atoms with van der Waals surface area (Å²) in [7, 11) is 4.63. The molecular formula is C25H51N2O5PS2. The van der Waals surface area contributed by atoms with Gasteiger partial charge in [0, 0.05) is 33.8 Å². The predicted octanol–water partition coefficient (Wildman–Crippen LogP) is 5.84. The Bertz CT molecular complexity index is 602. The molecule has 0 aromatic rings.